The third kappa shape index (κ3) is 2.28. The number of hydrogen-bond donors (Lipinski definition) is 2. The molecule has 1 aromatic rings. The molecular formula is C14H19N3. The molecule has 3 rings (SSSR count). The van der Waals surface area contributed by atoms with Crippen molar-refractivity contribution in [3.63, 3.8) is 0 Å². The average Bonchev–Trinajstić information content (AvgIpc) is 2.70. The molecule has 1 saturated carbocycles. The van der Waals surface area contributed by atoms with Gasteiger partial charge in [-0.3, -0.25) is 4.99 Å². The highest BCUT2D eigenvalue weighted by atomic mass is 15.2. The van der Waals surface area contributed by atoms with Gasteiger partial charge in [-0.25, -0.2) is 0 Å². The zero-order valence-corrected chi connectivity index (χ0v) is 10.2. The van der Waals surface area contributed by atoms with Gasteiger partial charge in [-0.05, 0) is 31.2 Å². The van der Waals surface area contributed by atoms with E-state index in [4.69, 9.17) is 0 Å². The standard InChI is InChI=1S/C14H19N3/c1-10-9-15-14(16-10)17-13-7-12(8-13)11-5-3-2-4-6-11/h2-6,10,12-13H,7-9H2,1H3,(H2,15,16,17). The lowest BCUT2D eigenvalue weighted by Gasteiger charge is -2.36. The van der Waals surface area contributed by atoms with Crippen LogP contribution in [-0.4, -0.2) is 24.6 Å². The second-order valence-corrected chi connectivity index (χ2v) is 5.15. The van der Waals surface area contributed by atoms with Gasteiger partial charge in [0.15, 0.2) is 5.96 Å². The quantitative estimate of drug-likeness (QED) is 0.812. The molecule has 3 nitrogen and oxygen atoms in total. The van der Waals surface area contributed by atoms with Crippen molar-refractivity contribution in [2.45, 2.75) is 37.8 Å². The van der Waals surface area contributed by atoms with Crippen LogP contribution in [0.4, 0.5) is 0 Å². The van der Waals surface area contributed by atoms with E-state index >= 15 is 0 Å². The molecule has 17 heavy (non-hydrogen) atoms. The van der Waals surface area contributed by atoms with E-state index in [1.54, 1.807) is 0 Å². The molecule has 0 saturated heterocycles. The van der Waals surface area contributed by atoms with Crippen LogP contribution in [0.25, 0.3) is 0 Å². The summed E-state index contributed by atoms with van der Waals surface area (Å²) in [6.07, 6.45) is 2.44. The summed E-state index contributed by atoms with van der Waals surface area (Å²) >= 11 is 0. The number of guanidine groups is 1. The summed E-state index contributed by atoms with van der Waals surface area (Å²) in [5.41, 5.74) is 1.47. The first-order chi connectivity index (χ1) is 8.31. The first kappa shape index (κ1) is 10.6. The minimum absolute atomic E-state index is 0.488. The maximum atomic E-state index is 4.43. The zero-order chi connectivity index (χ0) is 11.7. The Balaban J connectivity index is 1.49. The summed E-state index contributed by atoms with van der Waals surface area (Å²) < 4.78 is 0. The van der Waals surface area contributed by atoms with Crippen molar-refractivity contribution in [2.24, 2.45) is 4.99 Å². The number of rotatable bonds is 2. The molecule has 0 amide bonds. The number of hydrogen-bond acceptors (Lipinski definition) is 3. The minimum atomic E-state index is 0.488. The molecule has 0 aromatic heterocycles. The lowest BCUT2D eigenvalue weighted by Crippen LogP contribution is -2.48. The topological polar surface area (TPSA) is 36.4 Å². The molecule has 2 aliphatic rings. The van der Waals surface area contributed by atoms with E-state index < -0.39 is 0 Å². The molecule has 0 radical (unpaired) electrons. The fraction of sp³-hybridized carbons (Fsp3) is 0.500. The van der Waals surface area contributed by atoms with Crippen molar-refractivity contribution in [3.8, 4) is 0 Å². The molecule has 1 aliphatic carbocycles. The molecule has 0 bridgehead atoms. The molecule has 1 aliphatic heterocycles. The van der Waals surface area contributed by atoms with Crippen LogP contribution in [0.3, 0.4) is 0 Å². The normalized spacial score (nSPS) is 31.4. The summed E-state index contributed by atoms with van der Waals surface area (Å²) in [5.74, 6) is 1.72. The third-order valence-electron chi connectivity index (χ3n) is 3.66. The summed E-state index contributed by atoms with van der Waals surface area (Å²) in [7, 11) is 0. The molecule has 1 heterocycles. The predicted octanol–water partition coefficient (Wildman–Crippen LogP) is 1.87. The molecule has 1 aromatic carbocycles. The van der Waals surface area contributed by atoms with Crippen molar-refractivity contribution in [3.05, 3.63) is 35.9 Å². The van der Waals surface area contributed by atoms with Crippen LogP contribution in [0.2, 0.25) is 0 Å². The molecule has 1 unspecified atom stereocenters. The highest BCUT2D eigenvalue weighted by molar-refractivity contribution is 5.82. The van der Waals surface area contributed by atoms with Gasteiger partial charge in [0, 0.05) is 12.1 Å². The molecular weight excluding hydrogens is 210 g/mol. The molecule has 1 fully saturated rings. The van der Waals surface area contributed by atoms with Crippen molar-refractivity contribution in [2.75, 3.05) is 6.54 Å². The third-order valence-corrected chi connectivity index (χ3v) is 3.66. The molecule has 3 heteroatoms. The van der Waals surface area contributed by atoms with Gasteiger partial charge in [-0.1, -0.05) is 30.3 Å². The summed E-state index contributed by atoms with van der Waals surface area (Å²) in [6.45, 7) is 3.06. The number of nitrogens with zero attached hydrogens (tertiary/aromatic N) is 1. The van der Waals surface area contributed by atoms with Crippen molar-refractivity contribution in [1.82, 2.24) is 10.6 Å². The second-order valence-electron chi connectivity index (χ2n) is 5.15. The van der Waals surface area contributed by atoms with E-state index in [1.165, 1.54) is 18.4 Å². The number of benzene rings is 1. The van der Waals surface area contributed by atoms with Gasteiger partial charge < -0.3 is 10.6 Å². The summed E-state index contributed by atoms with van der Waals surface area (Å²) in [4.78, 5) is 4.43. The maximum absolute atomic E-state index is 4.43. The van der Waals surface area contributed by atoms with Crippen LogP contribution in [0.15, 0.2) is 35.3 Å². The average molecular weight is 229 g/mol. The van der Waals surface area contributed by atoms with Gasteiger partial charge in [-0.2, -0.15) is 0 Å². The van der Waals surface area contributed by atoms with Crippen LogP contribution in [0, 0.1) is 0 Å². The second kappa shape index (κ2) is 4.40. The van der Waals surface area contributed by atoms with Crippen LogP contribution in [-0.2, 0) is 0 Å². The Morgan fingerprint density at radius 1 is 1.24 bits per heavy atom. The zero-order valence-electron chi connectivity index (χ0n) is 10.2. The van der Waals surface area contributed by atoms with Crippen molar-refractivity contribution >= 4 is 5.96 Å². The van der Waals surface area contributed by atoms with E-state index in [2.05, 4.69) is 52.9 Å². The highest BCUT2D eigenvalue weighted by Crippen LogP contribution is 2.36. The van der Waals surface area contributed by atoms with Crippen LogP contribution in [0.5, 0.6) is 0 Å². The molecule has 2 N–H and O–H groups in total. The summed E-state index contributed by atoms with van der Waals surface area (Å²) in [5, 5.41) is 6.83. The lowest BCUT2D eigenvalue weighted by atomic mass is 9.76. The Bertz CT molecular complexity index is 407. The van der Waals surface area contributed by atoms with Gasteiger partial charge in [-0.15, -0.1) is 0 Å². The van der Waals surface area contributed by atoms with E-state index in [-0.39, 0.29) is 0 Å². The van der Waals surface area contributed by atoms with Gasteiger partial charge in [0.05, 0.1) is 6.54 Å². The maximum Gasteiger partial charge on any atom is 0.191 e. The van der Waals surface area contributed by atoms with Gasteiger partial charge >= 0.3 is 0 Å². The van der Waals surface area contributed by atoms with Gasteiger partial charge in [0.25, 0.3) is 0 Å². The molecule has 1 atom stereocenters. The lowest BCUT2D eigenvalue weighted by molar-refractivity contribution is 0.322. The van der Waals surface area contributed by atoms with Crippen molar-refractivity contribution in [1.29, 1.82) is 0 Å². The molecule has 90 valence electrons. The Morgan fingerprint density at radius 2 is 2.00 bits per heavy atom. The highest BCUT2D eigenvalue weighted by Gasteiger charge is 2.31. The SMILES string of the molecule is CC1CN=C(NC2CC(c3ccccc3)C2)N1. The van der Waals surface area contributed by atoms with E-state index in [9.17, 15) is 0 Å². The minimum Gasteiger partial charge on any atom is -0.354 e. The first-order valence-electron chi connectivity index (χ1n) is 6.44. The van der Waals surface area contributed by atoms with E-state index in [1.807, 2.05) is 0 Å². The monoisotopic (exact) mass is 229 g/mol. The van der Waals surface area contributed by atoms with Crippen LogP contribution >= 0.6 is 0 Å². The smallest absolute Gasteiger partial charge is 0.191 e. The van der Waals surface area contributed by atoms with Crippen LogP contribution in [0.1, 0.15) is 31.2 Å². The van der Waals surface area contributed by atoms with Gasteiger partial charge in [0.2, 0.25) is 0 Å². The number of aliphatic imine (C=N–C) groups is 1. The fourth-order valence-corrected chi connectivity index (χ4v) is 2.57. The molecule has 0 spiro atoms. The van der Waals surface area contributed by atoms with Crippen molar-refractivity contribution < 1.29 is 0 Å². The Kier molecular flexibility index (Phi) is 2.75. The number of nitrogens with one attached hydrogen (secondary N) is 2. The largest absolute Gasteiger partial charge is 0.354 e. The Morgan fingerprint density at radius 3 is 2.65 bits per heavy atom. The van der Waals surface area contributed by atoms with Crippen LogP contribution < -0.4 is 10.6 Å². The summed E-state index contributed by atoms with van der Waals surface area (Å²) in [6, 6.07) is 11.9. The first-order valence-corrected chi connectivity index (χ1v) is 6.44. The van der Waals surface area contributed by atoms with Gasteiger partial charge in [0.1, 0.15) is 0 Å². The van der Waals surface area contributed by atoms with E-state index in [0.29, 0.717) is 12.1 Å². The Hall–Kier alpha value is -1.51. The van der Waals surface area contributed by atoms with E-state index in [0.717, 1.165) is 18.4 Å². The Labute approximate surface area is 102 Å². The fourth-order valence-electron chi connectivity index (χ4n) is 2.57. The predicted molar refractivity (Wildman–Crippen MR) is 70.2 cm³/mol.